The number of aryl methyl sites for hydroxylation is 1. The lowest BCUT2D eigenvalue weighted by molar-refractivity contribution is 1.18. The van der Waals surface area contributed by atoms with Crippen molar-refractivity contribution in [2.45, 2.75) is 13.8 Å². The Morgan fingerprint density at radius 2 is 1.66 bits per heavy atom. The van der Waals surface area contributed by atoms with E-state index in [1.807, 2.05) is 37.3 Å². The number of hydrogen-bond donors (Lipinski definition) is 1. The van der Waals surface area contributed by atoms with Crippen molar-refractivity contribution in [2.24, 2.45) is 5.10 Å². The van der Waals surface area contributed by atoms with Gasteiger partial charge in [-0.3, -0.25) is 5.43 Å². The van der Waals surface area contributed by atoms with E-state index in [4.69, 9.17) is 28.2 Å². The van der Waals surface area contributed by atoms with E-state index in [0.717, 1.165) is 27.7 Å². The number of para-hydroxylation sites is 1. The largest absolute Gasteiger partial charge is 0.260 e. The highest BCUT2D eigenvalue weighted by Crippen LogP contribution is 2.29. The first-order valence-electron chi connectivity index (χ1n) is 9.11. The normalized spacial score (nSPS) is 11.7. The molecule has 0 bridgehead atoms. The first-order chi connectivity index (χ1) is 14.0. The molecule has 0 spiro atoms. The summed E-state index contributed by atoms with van der Waals surface area (Å²) in [6.45, 7) is 4.02. The van der Waals surface area contributed by atoms with E-state index in [1.54, 1.807) is 12.1 Å². The predicted molar refractivity (Wildman–Crippen MR) is 122 cm³/mol. The first kappa shape index (κ1) is 19.4. The average Bonchev–Trinajstić information content (AvgIpc) is 2.74. The summed E-state index contributed by atoms with van der Waals surface area (Å²) < 4.78 is 0. The van der Waals surface area contributed by atoms with Gasteiger partial charge < -0.3 is 0 Å². The summed E-state index contributed by atoms with van der Waals surface area (Å²) in [6, 6.07) is 21.4. The Labute approximate surface area is 179 Å². The van der Waals surface area contributed by atoms with Gasteiger partial charge in [0.25, 0.3) is 0 Å². The smallest absolute Gasteiger partial charge is 0.162 e. The lowest BCUT2D eigenvalue weighted by atomic mass is 10.1. The zero-order valence-corrected chi connectivity index (χ0v) is 17.5. The molecular weight excluding hydrogens is 403 g/mol. The van der Waals surface area contributed by atoms with Gasteiger partial charge in [0.05, 0.1) is 21.3 Å². The van der Waals surface area contributed by atoms with Gasteiger partial charge >= 0.3 is 0 Å². The van der Waals surface area contributed by atoms with Gasteiger partial charge in [0.1, 0.15) is 0 Å². The molecule has 29 heavy (non-hydrogen) atoms. The van der Waals surface area contributed by atoms with Crippen LogP contribution < -0.4 is 5.43 Å². The van der Waals surface area contributed by atoms with E-state index in [0.29, 0.717) is 21.7 Å². The molecule has 0 amide bonds. The molecule has 0 saturated heterocycles. The van der Waals surface area contributed by atoms with Crippen molar-refractivity contribution < 1.29 is 0 Å². The average molecular weight is 421 g/mol. The summed E-state index contributed by atoms with van der Waals surface area (Å²) in [5.74, 6) is 1.18. The van der Waals surface area contributed by atoms with Crippen molar-refractivity contribution in [3.63, 3.8) is 0 Å². The summed E-state index contributed by atoms with van der Waals surface area (Å²) in [7, 11) is 0. The first-order valence-corrected chi connectivity index (χ1v) is 9.86. The summed E-state index contributed by atoms with van der Waals surface area (Å²) in [4.78, 5) is 9.36. The summed E-state index contributed by atoms with van der Waals surface area (Å²) in [6.07, 6.45) is 0. The van der Waals surface area contributed by atoms with E-state index in [-0.39, 0.29) is 0 Å². The molecule has 1 N–H and O–H groups in total. The second-order valence-electron chi connectivity index (χ2n) is 6.72. The molecule has 4 nitrogen and oxygen atoms in total. The molecule has 4 rings (SSSR count). The van der Waals surface area contributed by atoms with Crippen molar-refractivity contribution in [3.8, 4) is 11.4 Å². The van der Waals surface area contributed by atoms with Crippen LogP contribution in [0.5, 0.6) is 0 Å². The molecule has 0 fully saturated rings. The number of hydrogen-bond acceptors (Lipinski definition) is 4. The van der Waals surface area contributed by atoms with Gasteiger partial charge in [-0.05, 0) is 49.7 Å². The van der Waals surface area contributed by atoms with Crippen LogP contribution in [0.25, 0.3) is 22.3 Å². The molecule has 3 aromatic carbocycles. The minimum Gasteiger partial charge on any atom is -0.260 e. The highest BCUT2D eigenvalue weighted by Gasteiger charge is 2.11. The Hall–Kier alpha value is -2.95. The van der Waals surface area contributed by atoms with Gasteiger partial charge in [-0.2, -0.15) is 5.10 Å². The molecule has 6 heteroatoms. The molecule has 0 aliphatic heterocycles. The maximum atomic E-state index is 6.18. The molecule has 0 aliphatic rings. The zero-order valence-electron chi connectivity index (χ0n) is 15.9. The molecule has 0 saturated carbocycles. The monoisotopic (exact) mass is 420 g/mol. The van der Waals surface area contributed by atoms with Crippen molar-refractivity contribution >= 4 is 45.6 Å². The van der Waals surface area contributed by atoms with E-state index in [2.05, 4.69) is 46.7 Å². The Bertz CT molecular complexity index is 1220. The van der Waals surface area contributed by atoms with Crippen LogP contribution in [0, 0.1) is 6.92 Å². The Morgan fingerprint density at radius 3 is 2.41 bits per heavy atom. The number of fused-ring (bicyclic) bond motifs is 1. The van der Waals surface area contributed by atoms with Crippen LogP contribution in [0.15, 0.2) is 71.8 Å². The molecule has 144 valence electrons. The summed E-state index contributed by atoms with van der Waals surface area (Å²) in [5.41, 5.74) is 7.84. The maximum Gasteiger partial charge on any atom is 0.162 e. The lowest BCUT2D eigenvalue weighted by Gasteiger charge is -2.10. The van der Waals surface area contributed by atoms with Crippen LogP contribution in [-0.4, -0.2) is 15.7 Å². The third-order valence-electron chi connectivity index (χ3n) is 4.58. The minimum atomic E-state index is 0.462. The van der Waals surface area contributed by atoms with E-state index < -0.39 is 0 Å². The molecular formula is C23H18Cl2N4. The fourth-order valence-electron chi connectivity index (χ4n) is 2.92. The van der Waals surface area contributed by atoms with Crippen LogP contribution in [0.1, 0.15) is 18.1 Å². The van der Waals surface area contributed by atoms with Crippen LogP contribution in [0.2, 0.25) is 10.0 Å². The molecule has 0 radical (unpaired) electrons. The predicted octanol–water partition coefficient (Wildman–Crippen LogP) is 6.75. The maximum absolute atomic E-state index is 6.18. The van der Waals surface area contributed by atoms with Crippen molar-refractivity contribution in [3.05, 3.63) is 87.9 Å². The number of benzene rings is 3. The standard InChI is InChI=1S/C23H18Cl2N4/c1-14-7-9-16(10-8-14)15(2)28-29-23-18-5-3-4-6-21(18)26-22(27-23)17-11-12-19(24)20(25)13-17/h3-13H,1-2H3,(H,26,27,29)/b28-15-. The van der Waals surface area contributed by atoms with Gasteiger partial charge in [-0.25, -0.2) is 9.97 Å². The van der Waals surface area contributed by atoms with Crippen molar-refractivity contribution in [1.29, 1.82) is 0 Å². The number of halogens is 2. The third-order valence-corrected chi connectivity index (χ3v) is 5.32. The van der Waals surface area contributed by atoms with E-state index >= 15 is 0 Å². The number of hydrazone groups is 1. The van der Waals surface area contributed by atoms with Crippen LogP contribution >= 0.6 is 23.2 Å². The van der Waals surface area contributed by atoms with Gasteiger partial charge in [0.15, 0.2) is 11.6 Å². The summed E-state index contributed by atoms with van der Waals surface area (Å²) in [5, 5.41) is 6.38. The lowest BCUT2D eigenvalue weighted by Crippen LogP contribution is -2.03. The minimum absolute atomic E-state index is 0.462. The quantitative estimate of drug-likeness (QED) is 0.293. The zero-order chi connectivity index (χ0) is 20.4. The van der Waals surface area contributed by atoms with Gasteiger partial charge in [-0.1, -0.05) is 65.2 Å². The second-order valence-corrected chi connectivity index (χ2v) is 7.53. The molecule has 4 aromatic rings. The Balaban J connectivity index is 1.75. The summed E-state index contributed by atoms with van der Waals surface area (Å²) >= 11 is 12.2. The SMILES string of the molecule is C/C(=N/Nc1nc(-c2ccc(Cl)c(Cl)c2)nc2ccccc12)c1ccc(C)cc1. The molecule has 0 atom stereocenters. The number of nitrogens with one attached hydrogen (secondary N) is 1. The third kappa shape index (κ3) is 4.24. The number of nitrogens with zero attached hydrogens (tertiary/aromatic N) is 3. The van der Waals surface area contributed by atoms with Gasteiger partial charge in [0.2, 0.25) is 0 Å². The van der Waals surface area contributed by atoms with Crippen LogP contribution in [0.4, 0.5) is 5.82 Å². The number of aromatic nitrogens is 2. The number of rotatable bonds is 4. The Kier molecular flexibility index (Phi) is 5.47. The molecule has 1 heterocycles. The molecule has 0 unspecified atom stereocenters. The fourth-order valence-corrected chi connectivity index (χ4v) is 3.22. The molecule has 1 aromatic heterocycles. The van der Waals surface area contributed by atoms with Crippen molar-refractivity contribution in [2.75, 3.05) is 5.43 Å². The van der Waals surface area contributed by atoms with Crippen LogP contribution in [-0.2, 0) is 0 Å². The van der Waals surface area contributed by atoms with E-state index in [1.165, 1.54) is 5.56 Å². The topological polar surface area (TPSA) is 50.2 Å². The van der Waals surface area contributed by atoms with Crippen LogP contribution in [0.3, 0.4) is 0 Å². The number of anilines is 1. The van der Waals surface area contributed by atoms with Crippen molar-refractivity contribution in [1.82, 2.24) is 9.97 Å². The molecule has 0 aliphatic carbocycles. The fraction of sp³-hybridized carbons (Fsp3) is 0.0870. The van der Waals surface area contributed by atoms with E-state index in [9.17, 15) is 0 Å². The highest BCUT2D eigenvalue weighted by molar-refractivity contribution is 6.42. The Morgan fingerprint density at radius 1 is 0.897 bits per heavy atom. The van der Waals surface area contributed by atoms with Gasteiger partial charge in [0, 0.05) is 10.9 Å². The van der Waals surface area contributed by atoms with Gasteiger partial charge in [-0.15, -0.1) is 0 Å². The second kappa shape index (κ2) is 8.19. The highest BCUT2D eigenvalue weighted by atomic mass is 35.5.